The second-order valence-electron chi connectivity index (χ2n) is 4.34. The molecule has 0 unspecified atom stereocenters. The molecule has 0 bridgehead atoms. The summed E-state index contributed by atoms with van der Waals surface area (Å²) in [5.41, 5.74) is 2.36. The molecule has 2 aromatic rings. The highest BCUT2D eigenvalue weighted by Gasteiger charge is 2.11. The number of aromatic nitrogens is 2. The molecule has 0 amide bonds. The second kappa shape index (κ2) is 5.04. The number of benzene rings is 1. The van der Waals surface area contributed by atoms with Gasteiger partial charge >= 0.3 is 0 Å². The fraction of sp³-hybridized carbons (Fsp3) is 0.286. The molecule has 1 heterocycles. The minimum Gasteiger partial charge on any atom is -0.507 e. The first kappa shape index (κ1) is 12.4. The number of rotatable bonds is 4. The second-order valence-corrected chi connectivity index (χ2v) is 4.34. The van der Waals surface area contributed by atoms with E-state index < -0.39 is 0 Å². The molecule has 4 heteroatoms. The SMILES string of the molecule is Cc1cc(C)n(CCC(=O)c2ccccc2O)n1. The summed E-state index contributed by atoms with van der Waals surface area (Å²) in [6.45, 7) is 4.42. The van der Waals surface area contributed by atoms with Crippen LogP contribution in [0.25, 0.3) is 0 Å². The Morgan fingerprint density at radius 1 is 1.33 bits per heavy atom. The molecule has 0 saturated heterocycles. The van der Waals surface area contributed by atoms with Crippen LogP contribution in [0.5, 0.6) is 5.75 Å². The number of aromatic hydroxyl groups is 1. The number of hydrogen-bond acceptors (Lipinski definition) is 3. The summed E-state index contributed by atoms with van der Waals surface area (Å²) in [6, 6.07) is 8.59. The highest BCUT2D eigenvalue weighted by Crippen LogP contribution is 2.17. The summed E-state index contributed by atoms with van der Waals surface area (Å²) in [6.07, 6.45) is 0.333. The van der Waals surface area contributed by atoms with Gasteiger partial charge in [-0.25, -0.2) is 0 Å². The highest BCUT2D eigenvalue weighted by molar-refractivity contribution is 5.98. The molecular formula is C14H16N2O2. The van der Waals surface area contributed by atoms with Crippen LogP contribution in [0.15, 0.2) is 30.3 Å². The fourth-order valence-corrected chi connectivity index (χ4v) is 1.95. The Kier molecular flexibility index (Phi) is 3.46. The van der Waals surface area contributed by atoms with Crippen molar-refractivity contribution in [1.29, 1.82) is 0 Å². The lowest BCUT2D eigenvalue weighted by Gasteiger charge is -2.05. The maximum atomic E-state index is 12.0. The van der Waals surface area contributed by atoms with Gasteiger partial charge in [0.25, 0.3) is 0 Å². The zero-order valence-corrected chi connectivity index (χ0v) is 10.6. The van der Waals surface area contributed by atoms with Crippen LogP contribution in [-0.2, 0) is 6.54 Å². The van der Waals surface area contributed by atoms with Gasteiger partial charge in [0.15, 0.2) is 5.78 Å². The van der Waals surface area contributed by atoms with Crippen molar-refractivity contribution < 1.29 is 9.90 Å². The molecule has 0 aliphatic carbocycles. The molecule has 1 N–H and O–H groups in total. The molecule has 0 fully saturated rings. The van der Waals surface area contributed by atoms with Gasteiger partial charge in [0.05, 0.1) is 11.3 Å². The molecule has 18 heavy (non-hydrogen) atoms. The minimum atomic E-state index is -0.0688. The van der Waals surface area contributed by atoms with Crippen molar-refractivity contribution in [2.24, 2.45) is 0 Å². The zero-order valence-electron chi connectivity index (χ0n) is 10.6. The topological polar surface area (TPSA) is 55.1 Å². The van der Waals surface area contributed by atoms with Crippen molar-refractivity contribution in [3.05, 3.63) is 47.3 Å². The number of hydrogen-bond donors (Lipinski definition) is 1. The number of Topliss-reactive ketones (excluding diaryl/α,β-unsaturated/α-hetero) is 1. The summed E-state index contributed by atoms with van der Waals surface area (Å²) in [7, 11) is 0. The molecule has 1 aromatic heterocycles. The van der Waals surface area contributed by atoms with Crippen molar-refractivity contribution in [2.45, 2.75) is 26.8 Å². The van der Waals surface area contributed by atoms with Gasteiger partial charge in [-0.15, -0.1) is 0 Å². The molecule has 2 rings (SSSR count). The third-order valence-electron chi connectivity index (χ3n) is 2.86. The predicted octanol–water partition coefficient (Wildman–Crippen LogP) is 2.48. The van der Waals surface area contributed by atoms with E-state index in [2.05, 4.69) is 5.10 Å². The van der Waals surface area contributed by atoms with E-state index in [-0.39, 0.29) is 11.5 Å². The van der Waals surface area contributed by atoms with E-state index in [4.69, 9.17) is 0 Å². The zero-order chi connectivity index (χ0) is 13.1. The smallest absolute Gasteiger partial charge is 0.168 e. The average Bonchev–Trinajstić information content (AvgIpc) is 2.65. The lowest BCUT2D eigenvalue weighted by Crippen LogP contribution is -2.08. The van der Waals surface area contributed by atoms with Crippen molar-refractivity contribution in [3.63, 3.8) is 0 Å². The first-order valence-corrected chi connectivity index (χ1v) is 5.90. The van der Waals surface area contributed by atoms with E-state index in [9.17, 15) is 9.90 Å². The maximum absolute atomic E-state index is 12.0. The van der Waals surface area contributed by atoms with Gasteiger partial charge < -0.3 is 5.11 Å². The van der Waals surface area contributed by atoms with Crippen LogP contribution < -0.4 is 0 Å². The molecule has 0 aliphatic rings. The molecule has 1 aromatic carbocycles. The molecule has 4 nitrogen and oxygen atoms in total. The van der Waals surface area contributed by atoms with Crippen molar-refractivity contribution in [1.82, 2.24) is 9.78 Å². The number of para-hydroxylation sites is 1. The molecule has 0 radical (unpaired) electrons. The van der Waals surface area contributed by atoms with Crippen LogP contribution in [0.3, 0.4) is 0 Å². The standard InChI is InChI=1S/C14H16N2O2/c1-10-9-11(2)16(15-10)8-7-14(18)12-5-3-4-6-13(12)17/h3-6,9,17H,7-8H2,1-2H3. The van der Waals surface area contributed by atoms with Crippen molar-refractivity contribution in [2.75, 3.05) is 0 Å². The van der Waals surface area contributed by atoms with Crippen LogP contribution in [-0.4, -0.2) is 20.7 Å². The van der Waals surface area contributed by atoms with Crippen LogP contribution in [0.2, 0.25) is 0 Å². The summed E-state index contributed by atoms with van der Waals surface area (Å²) >= 11 is 0. The Bertz CT molecular complexity index is 573. The third-order valence-corrected chi connectivity index (χ3v) is 2.86. The molecule has 0 aliphatic heterocycles. The first-order chi connectivity index (χ1) is 8.58. The Labute approximate surface area is 106 Å². The monoisotopic (exact) mass is 244 g/mol. The van der Waals surface area contributed by atoms with Gasteiger partial charge in [-0.3, -0.25) is 9.48 Å². The number of phenols is 1. The van der Waals surface area contributed by atoms with E-state index in [1.807, 2.05) is 24.6 Å². The quantitative estimate of drug-likeness (QED) is 0.841. The van der Waals surface area contributed by atoms with Crippen LogP contribution in [0.1, 0.15) is 28.2 Å². The van der Waals surface area contributed by atoms with E-state index in [0.717, 1.165) is 11.4 Å². The van der Waals surface area contributed by atoms with E-state index in [1.54, 1.807) is 18.2 Å². The molecule has 94 valence electrons. The highest BCUT2D eigenvalue weighted by atomic mass is 16.3. The molecule has 0 spiro atoms. The Morgan fingerprint density at radius 2 is 2.06 bits per heavy atom. The normalized spacial score (nSPS) is 10.6. The lowest BCUT2D eigenvalue weighted by atomic mass is 10.1. The lowest BCUT2D eigenvalue weighted by molar-refractivity contribution is 0.0973. The van der Waals surface area contributed by atoms with Crippen LogP contribution in [0.4, 0.5) is 0 Å². The number of aryl methyl sites for hydroxylation is 3. The van der Waals surface area contributed by atoms with E-state index in [1.165, 1.54) is 6.07 Å². The van der Waals surface area contributed by atoms with Crippen LogP contribution >= 0.6 is 0 Å². The number of nitrogens with zero attached hydrogens (tertiary/aromatic N) is 2. The van der Waals surface area contributed by atoms with Crippen molar-refractivity contribution in [3.8, 4) is 5.75 Å². The Hall–Kier alpha value is -2.10. The minimum absolute atomic E-state index is 0.0378. The largest absolute Gasteiger partial charge is 0.507 e. The Morgan fingerprint density at radius 3 is 2.67 bits per heavy atom. The maximum Gasteiger partial charge on any atom is 0.168 e. The molecular weight excluding hydrogens is 228 g/mol. The van der Waals surface area contributed by atoms with E-state index >= 15 is 0 Å². The first-order valence-electron chi connectivity index (χ1n) is 5.90. The predicted molar refractivity (Wildman–Crippen MR) is 68.8 cm³/mol. The average molecular weight is 244 g/mol. The van der Waals surface area contributed by atoms with Gasteiger partial charge in [-0.2, -0.15) is 5.10 Å². The van der Waals surface area contributed by atoms with Crippen molar-refractivity contribution >= 4 is 5.78 Å². The van der Waals surface area contributed by atoms with Gasteiger partial charge in [-0.05, 0) is 32.0 Å². The van der Waals surface area contributed by atoms with Gasteiger partial charge in [-0.1, -0.05) is 12.1 Å². The number of carbonyl (C=O) groups is 1. The van der Waals surface area contributed by atoms with Gasteiger partial charge in [0, 0.05) is 18.7 Å². The van der Waals surface area contributed by atoms with Gasteiger partial charge in [0.1, 0.15) is 5.75 Å². The third kappa shape index (κ3) is 2.59. The summed E-state index contributed by atoms with van der Waals surface area (Å²) in [5, 5.41) is 13.9. The number of carbonyl (C=O) groups excluding carboxylic acids is 1. The number of phenolic OH excluding ortho intramolecular Hbond substituents is 1. The molecule has 0 atom stereocenters. The summed E-state index contributed by atoms with van der Waals surface area (Å²) < 4.78 is 1.81. The van der Waals surface area contributed by atoms with Crippen LogP contribution in [0, 0.1) is 13.8 Å². The number of ketones is 1. The fourth-order valence-electron chi connectivity index (χ4n) is 1.95. The van der Waals surface area contributed by atoms with E-state index in [0.29, 0.717) is 18.5 Å². The Balaban J connectivity index is 2.05. The summed E-state index contributed by atoms with van der Waals surface area (Å²) in [5.74, 6) is -0.0310. The summed E-state index contributed by atoms with van der Waals surface area (Å²) in [4.78, 5) is 12.0. The molecule has 0 saturated carbocycles. The van der Waals surface area contributed by atoms with Gasteiger partial charge in [0.2, 0.25) is 0 Å².